The van der Waals surface area contributed by atoms with Crippen LogP contribution in [-0.2, 0) is 4.74 Å². The Hall–Kier alpha value is -1.95. The molecule has 0 amide bonds. The van der Waals surface area contributed by atoms with Crippen LogP contribution < -0.4 is 4.74 Å². The van der Waals surface area contributed by atoms with Crippen molar-refractivity contribution in [1.29, 1.82) is 0 Å². The van der Waals surface area contributed by atoms with Gasteiger partial charge in [0.2, 0.25) is 0 Å². The van der Waals surface area contributed by atoms with Crippen LogP contribution >= 0.6 is 11.8 Å². The number of allylic oxidation sites excluding steroid dienone is 1. The Morgan fingerprint density at radius 2 is 2.14 bits per heavy atom. The minimum Gasteiger partial charge on any atom is -0.504 e. The number of carbonyl (C=O) groups excluding carboxylic acids is 2. The quantitative estimate of drug-likeness (QED) is 0.666. The maximum atomic E-state index is 12.5. The zero-order valence-corrected chi connectivity index (χ0v) is 12.6. The van der Waals surface area contributed by atoms with Gasteiger partial charge in [-0.3, -0.25) is 4.79 Å². The second kappa shape index (κ2) is 6.67. The number of carbonyl (C=O) groups is 2. The van der Waals surface area contributed by atoms with Gasteiger partial charge in [-0.05, 0) is 24.5 Å². The number of hydrogen-bond acceptors (Lipinski definition) is 6. The minimum atomic E-state index is -0.603. The summed E-state index contributed by atoms with van der Waals surface area (Å²) in [6.07, 6.45) is 1.79. The number of phenolic OH excluding ortho intramolecular Hbond substituents is 1. The molecule has 1 N–H and O–H groups in total. The van der Waals surface area contributed by atoms with Crippen molar-refractivity contribution in [2.45, 2.75) is 6.92 Å². The highest BCUT2D eigenvalue weighted by molar-refractivity contribution is 8.02. The molecule has 0 aromatic heterocycles. The van der Waals surface area contributed by atoms with Gasteiger partial charge in [0.25, 0.3) is 0 Å². The van der Waals surface area contributed by atoms with Crippen LogP contribution in [0.2, 0.25) is 0 Å². The zero-order chi connectivity index (χ0) is 15.4. The number of Topliss-reactive ketones (excluding diaryl/α,β-unsaturated/α-hetero) is 1. The third kappa shape index (κ3) is 3.21. The molecule has 5 nitrogen and oxygen atoms in total. The summed E-state index contributed by atoms with van der Waals surface area (Å²) in [7, 11) is 1.38. The highest BCUT2D eigenvalue weighted by Crippen LogP contribution is 2.33. The van der Waals surface area contributed by atoms with E-state index in [0.717, 1.165) is 0 Å². The fourth-order valence-electron chi connectivity index (χ4n) is 2.04. The van der Waals surface area contributed by atoms with Crippen LogP contribution in [0.15, 0.2) is 23.6 Å². The third-order valence-electron chi connectivity index (χ3n) is 3.10. The van der Waals surface area contributed by atoms with Crippen molar-refractivity contribution < 1.29 is 24.2 Å². The Kier molecular flexibility index (Phi) is 4.90. The number of esters is 1. The normalized spacial score (nSPS) is 16.8. The number of hydrogen-bond donors (Lipinski definition) is 1. The second-order valence-electron chi connectivity index (χ2n) is 4.42. The molecule has 1 atom stereocenters. The smallest absolute Gasteiger partial charge is 0.338 e. The largest absolute Gasteiger partial charge is 0.504 e. The van der Waals surface area contributed by atoms with E-state index in [1.54, 1.807) is 13.0 Å². The highest BCUT2D eigenvalue weighted by Gasteiger charge is 2.27. The molecule has 112 valence electrons. The number of rotatable bonds is 5. The van der Waals surface area contributed by atoms with Gasteiger partial charge in [0, 0.05) is 11.3 Å². The number of phenols is 1. The lowest BCUT2D eigenvalue weighted by Gasteiger charge is -2.13. The fourth-order valence-corrected chi connectivity index (χ4v) is 2.92. The van der Waals surface area contributed by atoms with Gasteiger partial charge >= 0.3 is 5.97 Å². The lowest BCUT2D eigenvalue weighted by atomic mass is 9.94. The molecule has 1 aliphatic heterocycles. The zero-order valence-electron chi connectivity index (χ0n) is 11.8. The molecule has 0 bridgehead atoms. The van der Waals surface area contributed by atoms with E-state index in [1.807, 2.05) is 5.41 Å². The van der Waals surface area contributed by atoms with Crippen molar-refractivity contribution >= 4 is 23.5 Å². The summed E-state index contributed by atoms with van der Waals surface area (Å²) in [4.78, 5) is 24.5. The van der Waals surface area contributed by atoms with Crippen LogP contribution in [0.5, 0.6) is 11.5 Å². The Bertz CT molecular complexity index is 594. The lowest BCUT2D eigenvalue weighted by molar-refractivity contribution is 0.0522. The highest BCUT2D eigenvalue weighted by atomic mass is 32.2. The van der Waals surface area contributed by atoms with Crippen LogP contribution in [-0.4, -0.2) is 36.3 Å². The minimum absolute atomic E-state index is 0.113. The van der Waals surface area contributed by atoms with E-state index in [-0.39, 0.29) is 40.9 Å². The SMILES string of the molecule is CCOC(=O)c1cc(OC)c(O)cc1C(=O)C1C=CSC1. The van der Waals surface area contributed by atoms with E-state index in [4.69, 9.17) is 9.47 Å². The molecule has 1 aromatic carbocycles. The van der Waals surface area contributed by atoms with Crippen LogP contribution in [0.25, 0.3) is 0 Å². The molecular formula is C15H16O5S. The molecule has 1 heterocycles. The van der Waals surface area contributed by atoms with Gasteiger partial charge in [0.15, 0.2) is 17.3 Å². The number of ketones is 1. The lowest BCUT2D eigenvalue weighted by Crippen LogP contribution is -2.18. The van der Waals surface area contributed by atoms with Crippen LogP contribution in [0, 0.1) is 5.92 Å². The van der Waals surface area contributed by atoms with E-state index in [1.165, 1.54) is 31.0 Å². The predicted octanol–water partition coefficient (Wildman–Crippen LogP) is 2.64. The number of ether oxygens (including phenoxy) is 2. The average Bonchev–Trinajstić information content (AvgIpc) is 3.00. The van der Waals surface area contributed by atoms with Gasteiger partial charge < -0.3 is 14.6 Å². The van der Waals surface area contributed by atoms with Gasteiger partial charge in [-0.1, -0.05) is 6.08 Å². The van der Waals surface area contributed by atoms with Crippen LogP contribution in [0.3, 0.4) is 0 Å². The molecule has 0 radical (unpaired) electrons. The molecule has 6 heteroatoms. The second-order valence-corrected chi connectivity index (χ2v) is 5.36. The molecule has 0 saturated heterocycles. The first-order chi connectivity index (χ1) is 10.1. The molecular weight excluding hydrogens is 292 g/mol. The Morgan fingerprint density at radius 3 is 2.71 bits per heavy atom. The first-order valence-electron chi connectivity index (χ1n) is 6.49. The average molecular weight is 308 g/mol. The van der Waals surface area contributed by atoms with Gasteiger partial charge in [-0.15, -0.1) is 11.8 Å². The van der Waals surface area contributed by atoms with Gasteiger partial charge in [0.1, 0.15) is 0 Å². The molecule has 0 spiro atoms. The Balaban J connectivity index is 2.46. The van der Waals surface area contributed by atoms with Gasteiger partial charge in [-0.25, -0.2) is 4.79 Å². The first-order valence-corrected chi connectivity index (χ1v) is 7.54. The molecule has 1 aliphatic rings. The van der Waals surface area contributed by atoms with Crippen LogP contribution in [0.1, 0.15) is 27.6 Å². The summed E-state index contributed by atoms with van der Waals surface area (Å²) in [5, 5.41) is 11.7. The van der Waals surface area contributed by atoms with E-state index < -0.39 is 5.97 Å². The van der Waals surface area contributed by atoms with Crippen molar-refractivity contribution in [3.8, 4) is 11.5 Å². The van der Waals surface area contributed by atoms with Gasteiger partial charge in [0.05, 0.1) is 25.2 Å². The monoisotopic (exact) mass is 308 g/mol. The molecule has 0 aliphatic carbocycles. The topological polar surface area (TPSA) is 72.8 Å². The summed E-state index contributed by atoms with van der Waals surface area (Å²) < 4.78 is 9.96. The first kappa shape index (κ1) is 15.4. The summed E-state index contributed by atoms with van der Waals surface area (Å²) in [6.45, 7) is 1.89. The van der Waals surface area contributed by atoms with Crippen molar-refractivity contribution in [2.75, 3.05) is 19.5 Å². The van der Waals surface area contributed by atoms with Crippen molar-refractivity contribution in [2.24, 2.45) is 5.92 Å². The van der Waals surface area contributed by atoms with Crippen molar-refractivity contribution in [3.05, 3.63) is 34.7 Å². The predicted molar refractivity (Wildman–Crippen MR) is 80.0 cm³/mol. The number of aromatic hydroxyl groups is 1. The van der Waals surface area contributed by atoms with Gasteiger partial charge in [-0.2, -0.15) is 0 Å². The standard InChI is InChI=1S/C15H16O5S/c1-3-20-15(18)11-7-13(19-2)12(16)6-10(11)14(17)9-4-5-21-8-9/h4-7,9,16H,3,8H2,1-2H3. The Morgan fingerprint density at radius 1 is 1.38 bits per heavy atom. The van der Waals surface area contributed by atoms with Crippen LogP contribution in [0.4, 0.5) is 0 Å². The molecule has 0 fully saturated rings. The number of methoxy groups -OCH3 is 1. The maximum absolute atomic E-state index is 12.5. The maximum Gasteiger partial charge on any atom is 0.338 e. The van der Waals surface area contributed by atoms with E-state index in [9.17, 15) is 14.7 Å². The van der Waals surface area contributed by atoms with E-state index in [0.29, 0.717) is 5.75 Å². The van der Waals surface area contributed by atoms with Crippen molar-refractivity contribution in [1.82, 2.24) is 0 Å². The van der Waals surface area contributed by atoms with Crippen molar-refractivity contribution in [3.63, 3.8) is 0 Å². The molecule has 1 aromatic rings. The molecule has 0 saturated carbocycles. The summed E-state index contributed by atoms with van der Waals surface area (Å²) in [5.74, 6) is -0.523. The number of benzene rings is 1. The Labute approximate surface area is 126 Å². The summed E-state index contributed by atoms with van der Waals surface area (Å²) >= 11 is 1.54. The van der Waals surface area contributed by atoms with E-state index in [2.05, 4.69) is 0 Å². The summed E-state index contributed by atoms with van der Waals surface area (Å²) in [6, 6.07) is 2.61. The number of thioether (sulfide) groups is 1. The molecule has 2 rings (SSSR count). The fraction of sp³-hybridized carbons (Fsp3) is 0.333. The molecule has 1 unspecified atom stereocenters. The third-order valence-corrected chi connectivity index (χ3v) is 4.00. The van der Waals surface area contributed by atoms with E-state index >= 15 is 0 Å². The molecule has 21 heavy (non-hydrogen) atoms. The summed E-state index contributed by atoms with van der Waals surface area (Å²) in [5.41, 5.74) is 0.269.